The summed E-state index contributed by atoms with van der Waals surface area (Å²) in [4.78, 5) is 28.7. The van der Waals surface area contributed by atoms with E-state index in [4.69, 9.17) is 9.72 Å². The molecule has 0 aliphatic rings. The minimum Gasteiger partial charge on any atom is -0.427 e. The third-order valence-corrected chi connectivity index (χ3v) is 5.16. The van der Waals surface area contributed by atoms with Crippen LogP contribution in [0.2, 0.25) is 0 Å². The molecule has 1 N–H and O–H groups in total. The number of hydrogen-bond acceptors (Lipinski definition) is 6. The number of ether oxygens (including phenoxy) is 1. The second kappa shape index (κ2) is 8.55. The summed E-state index contributed by atoms with van der Waals surface area (Å²) >= 11 is 0. The van der Waals surface area contributed by atoms with Crippen molar-refractivity contribution in [1.29, 1.82) is 5.26 Å². The van der Waals surface area contributed by atoms with Crippen molar-refractivity contribution in [1.82, 2.24) is 14.8 Å². The van der Waals surface area contributed by atoms with Crippen molar-refractivity contribution in [3.8, 4) is 17.6 Å². The first kappa shape index (κ1) is 21.7. The van der Waals surface area contributed by atoms with Crippen molar-refractivity contribution in [3.63, 3.8) is 0 Å². The van der Waals surface area contributed by atoms with Gasteiger partial charge in [-0.1, -0.05) is 11.6 Å². The number of fused-ring (bicyclic) bond motifs is 1. The van der Waals surface area contributed by atoms with Crippen molar-refractivity contribution in [3.05, 3.63) is 76.5 Å². The molecule has 0 saturated carbocycles. The fraction of sp³-hybridized carbons (Fsp3) is 0.160. The van der Waals surface area contributed by atoms with Gasteiger partial charge in [0.2, 0.25) is 0 Å². The van der Waals surface area contributed by atoms with E-state index in [1.165, 1.54) is 42.1 Å². The number of hydrogen-bond donors (Lipinski definition) is 1. The van der Waals surface area contributed by atoms with E-state index < -0.39 is 11.9 Å². The maximum atomic E-state index is 12.9. The first-order valence-electron chi connectivity index (χ1n) is 10.2. The average Bonchev–Trinajstić information content (AvgIpc) is 3.17. The number of carbonyl (C=O) groups excluding carboxylic acids is 2. The third kappa shape index (κ3) is 4.29. The van der Waals surface area contributed by atoms with Crippen LogP contribution in [0, 0.1) is 32.1 Å². The number of nitrogens with zero attached hydrogens (tertiary/aromatic N) is 4. The highest BCUT2D eigenvalue weighted by Crippen LogP contribution is 2.27. The molecule has 2 heterocycles. The molecule has 0 unspecified atom stereocenters. The molecule has 2 aromatic carbocycles. The van der Waals surface area contributed by atoms with Crippen molar-refractivity contribution < 1.29 is 14.3 Å². The molecule has 0 saturated heterocycles. The van der Waals surface area contributed by atoms with Crippen LogP contribution in [0.5, 0.6) is 5.75 Å². The predicted octanol–water partition coefficient (Wildman–Crippen LogP) is 4.40. The molecule has 0 aliphatic carbocycles. The lowest BCUT2D eigenvalue weighted by Gasteiger charge is -2.13. The van der Waals surface area contributed by atoms with Gasteiger partial charge in [0, 0.05) is 17.9 Å². The summed E-state index contributed by atoms with van der Waals surface area (Å²) in [6.45, 7) is 7.33. The molecule has 0 radical (unpaired) electrons. The number of amides is 1. The van der Waals surface area contributed by atoms with Crippen LogP contribution in [-0.4, -0.2) is 26.6 Å². The van der Waals surface area contributed by atoms with Gasteiger partial charge >= 0.3 is 5.97 Å². The topological polar surface area (TPSA) is 110 Å². The van der Waals surface area contributed by atoms with Crippen molar-refractivity contribution in [2.45, 2.75) is 27.7 Å². The lowest BCUT2D eigenvalue weighted by atomic mass is 10.0. The zero-order valence-corrected chi connectivity index (χ0v) is 18.6. The number of anilines is 1. The van der Waals surface area contributed by atoms with Crippen molar-refractivity contribution in [2.24, 2.45) is 0 Å². The monoisotopic (exact) mass is 439 g/mol. The second-order valence-electron chi connectivity index (χ2n) is 7.78. The van der Waals surface area contributed by atoms with Crippen LogP contribution in [-0.2, 0) is 4.79 Å². The Morgan fingerprint density at radius 1 is 1.06 bits per heavy atom. The predicted molar refractivity (Wildman–Crippen MR) is 123 cm³/mol. The Balaban J connectivity index is 1.72. The molecule has 164 valence electrons. The highest BCUT2D eigenvalue weighted by atomic mass is 16.5. The van der Waals surface area contributed by atoms with Gasteiger partial charge in [0.15, 0.2) is 11.6 Å². The fourth-order valence-electron chi connectivity index (χ4n) is 3.68. The van der Waals surface area contributed by atoms with E-state index in [-0.39, 0.29) is 11.4 Å². The molecule has 0 bridgehead atoms. The molecule has 8 nitrogen and oxygen atoms in total. The molecule has 0 atom stereocenters. The summed E-state index contributed by atoms with van der Waals surface area (Å²) in [5, 5.41) is 17.7. The van der Waals surface area contributed by atoms with Gasteiger partial charge < -0.3 is 10.1 Å². The smallest absolute Gasteiger partial charge is 0.308 e. The van der Waals surface area contributed by atoms with Crippen LogP contribution in [0.4, 0.5) is 5.82 Å². The number of carbonyl (C=O) groups is 2. The van der Waals surface area contributed by atoms with E-state index in [2.05, 4.69) is 28.6 Å². The van der Waals surface area contributed by atoms with Crippen LogP contribution in [0.25, 0.3) is 16.7 Å². The minimum absolute atomic E-state index is 0.208. The number of benzene rings is 2. The average molecular weight is 439 g/mol. The van der Waals surface area contributed by atoms with Gasteiger partial charge in [-0.25, -0.2) is 4.98 Å². The number of nitriles is 1. The molecule has 4 aromatic rings. The first-order valence-corrected chi connectivity index (χ1v) is 10.2. The lowest BCUT2D eigenvalue weighted by molar-refractivity contribution is -0.131. The maximum absolute atomic E-state index is 12.9. The Bertz CT molecular complexity index is 1450. The Morgan fingerprint density at radius 3 is 2.45 bits per heavy atom. The van der Waals surface area contributed by atoms with Crippen LogP contribution in [0.15, 0.2) is 48.7 Å². The van der Waals surface area contributed by atoms with Crippen LogP contribution < -0.4 is 10.1 Å². The summed E-state index contributed by atoms with van der Waals surface area (Å²) in [5.74, 6) is 0.171. The van der Waals surface area contributed by atoms with Gasteiger partial charge in [-0.3, -0.25) is 9.59 Å². The quantitative estimate of drug-likeness (QED) is 0.373. The molecular weight excluding hydrogens is 418 g/mol. The van der Waals surface area contributed by atoms with Gasteiger partial charge in [0.1, 0.15) is 17.4 Å². The molecular formula is C25H21N5O3. The minimum atomic E-state index is -0.446. The van der Waals surface area contributed by atoms with Gasteiger partial charge in [0.05, 0.1) is 11.7 Å². The Hall–Kier alpha value is -4.51. The van der Waals surface area contributed by atoms with Gasteiger partial charge in [0.25, 0.3) is 5.91 Å². The Kier molecular flexibility index (Phi) is 5.63. The number of aromatic nitrogens is 3. The summed E-state index contributed by atoms with van der Waals surface area (Å²) in [6.07, 6.45) is 1.39. The number of aryl methyl sites for hydroxylation is 3. The van der Waals surface area contributed by atoms with Crippen molar-refractivity contribution in [2.75, 3.05) is 5.32 Å². The van der Waals surface area contributed by atoms with E-state index in [0.29, 0.717) is 17.1 Å². The molecule has 8 heteroatoms. The standard InChI is InChI=1S/C25H21N5O3/c1-14-9-16(3)23-21(10-14)15(2)11-22(28-23)30-24(19(12-26)13-27-30)29-25(32)18-5-7-20(8-6-18)33-17(4)31/h5-11,13H,1-4H3,(H,29,32). The summed E-state index contributed by atoms with van der Waals surface area (Å²) in [5.41, 5.74) is 4.56. The summed E-state index contributed by atoms with van der Waals surface area (Å²) in [6, 6.07) is 14.2. The van der Waals surface area contributed by atoms with Crippen LogP contribution in [0.1, 0.15) is 39.5 Å². The zero-order chi connectivity index (χ0) is 23.7. The normalized spacial score (nSPS) is 10.6. The molecule has 0 spiro atoms. The molecule has 4 rings (SSSR count). The van der Waals surface area contributed by atoms with Gasteiger partial charge in [-0.2, -0.15) is 15.0 Å². The van der Waals surface area contributed by atoms with Crippen LogP contribution >= 0.6 is 0 Å². The third-order valence-electron chi connectivity index (χ3n) is 5.16. The van der Waals surface area contributed by atoms with Gasteiger partial charge in [-0.05, 0) is 68.3 Å². The zero-order valence-electron chi connectivity index (χ0n) is 18.6. The lowest BCUT2D eigenvalue weighted by Crippen LogP contribution is -2.16. The summed E-state index contributed by atoms with van der Waals surface area (Å²) in [7, 11) is 0. The molecule has 0 fully saturated rings. The van der Waals surface area contributed by atoms with Crippen LogP contribution in [0.3, 0.4) is 0 Å². The molecule has 33 heavy (non-hydrogen) atoms. The van der Waals surface area contributed by atoms with Crippen molar-refractivity contribution >= 4 is 28.6 Å². The largest absolute Gasteiger partial charge is 0.427 e. The number of rotatable bonds is 4. The molecule has 0 aliphatic heterocycles. The van der Waals surface area contributed by atoms with E-state index in [0.717, 1.165) is 27.6 Å². The highest BCUT2D eigenvalue weighted by Gasteiger charge is 2.18. The second-order valence-corrected chi connectivity index (χ2v) is 7.78. The Labute approximate surface area is 190 Å². The summed E-state index contributed by atoms with van der Waals surface area (Å²) < 4.78 is 6.45. The van der Waals surface area contributed by atoms with E-state index >= 15 is 0 Å². The number of pyridine rings is 1. The first-order chi connectivity index (χ1) is 15.8. The Morgan fingerprint density at radius 2 is 1.79 bits per heavy atom. The molecule has 1 amide bonds. The van der Waals surface area contributed by atoms with E-state index in [1.807, 2.05) is 26.8 Å². The fourth-order valence-corrected chi connectivity index (χ4v) is 3.68. The van der Waals surface area contributed by atoms with Gasteiger partial charge in [-0.15, -0.1) is 0 Å². The maximum Gasteiger partial charge on any atom is 0.308 e. The number of esters is 1. The SMILES string of the molecule is CC(=O)Oc1ccc(C(=O)Nc2c(C#N)cnn2-c2cc(C)c3cc(C)cc(C)c3n2)cc1. The number of nitrogens with one attached hydrogen (secondary N) is 1. The highest BCUT2D eigenvalue weighted by molar-refractivity contribution is 6.04. The molecule has 2 aromatic heterocycles. The van der Waals surface area contributed by atoms with E-state index in [9.17, 15) is 14.9 Å². The van der Waals surface area contributed by atoms with E-state index in [1.54, 1.807) is 0 Å².